The largest absolute Gasteiger partial charge is 0.380 e. The molecule has 0 saturated heterocycles. The van der Waals surface area contributed by atoms with Gasteiger partial charge < -0.3 is 14.8 Å². The van der Waals surface area contributed by atoms with Crippen molar-refractivity contribution in [2.24, 2.45) is 10.8 Å². The first-order chi connectivity index (χ1) is 10.4. The predicted molar refractivity (Wildman–Crippen MR) is 94.1 cm³/mol. The van der Waals surface area contributed by atoms with Crippen LogP contribution in [0.2, 0.25) is 0 Å². The Kier molecular flexibility index (Phi) is 10.7. The van der Waals surface area contributed by atoms with Crippen molar-refractivity contribution in [3.05, 3.63) is 0 Å². The highest BCUT2D eigenvalue weighted by atomic mass is 16.5. The van der Waals surface area contributed by atoms with Gasteiger partial charge in [-0.3, -0.25) is 4.79 Å². The maximum absolute atomic E-state index is 12.4. The van der Waals surface area contributed by atoms with Crippen LogP contribution in [0.15, 0.2) is 0 Å². The van der Waals surface area contributed by atoms with Crippen molar-refractivity contribution < 1.29 is 15.7 Å². The summed E-state index contributed by atoms with van der Waals surface area (Å²) < 4.78 is 11.2. The molecule has 4 heteroatoms. The van der Waals surface area contributed by atoms with Crippen molar-refractivity contribution in [3.8, 4) is 0 Å². The first-order valence-electron chi connectivity index (χ1n) is 8.81. The minimum absolute atomic E-state index is 0. The van der Waals surface area contributed by atoms with Crippen LogP contribution in [0.5, 0.6) is 0 Å². The smallest absolute Gasteiger partial charge is 0.228 e. The summed E-state index contributed by atoms with van der Waals surface area (Å²) in [6.45, 7) is 15.6. The summed E-state index contributed by atoms with van der Waals surface area (Å²) >= 11 is 0. The summed E-state index contributed by atoms with van der Waals surface area (Å²) in [4.78, 5) is 12.4. The van der Waals surface area contributed by atoms with E-state index in [-0.39, 0.29) is 12.7 Å². The van der Waals surface area contributed by atoms with Gasteiger partial charge >= 0.3 is 0 Å². The quantitative estimate of drug-likeness (QED) is 0.522. The van der Waals surface area contributed by atoms with Crippen LogP contribution in [-0.4, -0.2) is 38.9 Å². The zero-order valence-corrected chi connectivity index (χ0v) is 15.6. The van der Waals surface area contributed by atoms with Crippen molar-refractivity contribution in [1.29, 1.82) is 0 Å². The van der Waals surface area contributed by atoms with E-state index in [0.717, 1.165) is 32.3 Å². The minimum atomic E-state index is -0.465. The molecule has 0 heterocycles. The monoisotopic (exact) mass is 317 g/mol. The molecule has 0 aliphatic carbocycles. The Hall–Kier alpha value is -0.610. The SMILES string of the molecule is CCCC(C)(CC)COCC(C)(CC)C(=O)NCCOCC.[HH]. The molecule has 0 aromatic heterocycles. The summed E-state index contributed by atoms with van der Waals surface area (Å²) in [5, 5.41) is 2.95. The number of hydrogen-bond donors (Lipinski definition) is 1. The second kappa shape index (κ2) is 11.0. The van der Waals surface area contributed by atoms with Crippen LogP contribution in [0.1, 0.15) is 68.7 Å². The van der Waals surface area contributed by atoms with Crippen LogP contribution in [0.3, 0.4) is 0 Å². The Morgan fingerprint density at radius 3 is 2.23 bits per heavy atom. The Labute approximate surface area is 138 Å². The van der Waals surface area contributed by atoms with Gasteiger partial charge in [0, 0.05) is 14.6 Å². The Morgan fingerprint density at radius 2 is 1.73 bits per heavy atom. The number of hydrogen-bond acceptors (Lipinski definition) is 3. The highest BCUT2D eigenvalue weighted by molar-refractivity contribution is 5.82. The molecule has 0 saturated carbocycles. The first-order valence-corrected chi connectivity index (χ1v) is 8.81. The van der Waals surface area contributed by atoms with E-state index in [4.69, 9.17) is 9.47 Å². The lowest BCUT2D eigenvalue weighted by Gasteiger charge is -2.31. The zero-order chi connectivity index (χ0) is 17.1. The molecule has 4 nitrogen and oxygen atoms in total. The molecule has 0 aromatic rings. The summed E-state index contributed by atoms with van der Waals surface area (Å²) in [6.07, 6.45) is 4.19. The van der Waals surface area contributed by atoms with Gasteiger partial charge in [0.15, 0.2) is 0 Å². The van der Waals surface area contributed by atoms with Crippen LogP contribution >= 0.6 is 0 Å². The molecule has 2 atom stereocenters. The van der Waals surface area contributed by atoms with Gasteiger partial charge in [-0.05, 0) is 38.5 Å². The molecule has 0 aliphatic heterocycles. The first kappa shape index (κ1) is 21.4. The molecule has 22 heavy (non-hydrogen) atoms. The zero-order valence-electron chi connectivity index (χ0n) is 15.6. The maximum Gasteiger partial charge on any atom is 0.228 e. The molecule has 2 unspecified atom stereocenters. The topological polar surface area (TPSA) is 47.6 Å². The van der Waals surface area contributed by atoms with Gasteiger partial charge in [0.05, 0.1) is 25.2 Å². The molecular weight excluding hydrogens is 278 g/mol. The molecule has 0 bridgehead atoms. The summed E-state index contributed by atoms with van der Waals surface area (Å²) in [5.41, 5.74) is -0.248. The van der Waals surface area contributed by atoms with E-state index in [2.05, 4.69) is 26.1 Å². The lowest BCUT2D eigenvalue weighted by Crippen LogP contribution is -2.43. The number of carbonyl (C=O) groups excluding carboxylic acids is 1. The molecule has 1 amide bonds. The standard InChI is InChI=1S/C18H37NO3.H2/c1-7-11-17(5,8-2)14-22-15-18(6,9-3)16(20)19-12-13-21-10-4;/h7-15H2,1-6H3,(H,19,20);1H. The average Bonchev–Trinajstić information content (AvgIpc) is 2.51. The Balaban J connectivity index is 0. The Morgan fingerprint density at radius 1 is 1.05 bits per heavy atom. The number of rotatable bonds is 13. The lowest BCUT2D eigenvalue weighted by molar-refractivity contribution is -0.135. The van der Waals surface area contributed by atoms with Gasteiger partial charge in [-0.15, -0.1) is 0 Å². The predicted octanol–water partition coefficient (Wildman–Crippen LogP) is 4.03. The molecule has 0 radical (unpaired) electrons. The van der Waals surface area contributed by atoms with Crippen molar-refractivity contribution in [1.82, 2.24) is 5.32 Å². The van der Waals surface area contributed by atoms with E-state index in [0.29, 0.717) is 26.4 Å². The molecule has 1 N–H and O–H groups in total. The third kappa shape index (κ3) is 7.59. The summed E-state index contributed by atoms with van der Waals surface area (Å²) in [6, 6.07) is 0. The van der Waals surface area contributed by atoms with E-state index in [1.807, 2.05) is 20.8 Å². The van der Waals surface area contributed by atoms with Gasteiger partial charge in [-0.1, -0.05) is 34.1 Å². The number of nitrogens with one attached hydrogen (secondary N) is 1. The van der Waals surface area contributed by atoms with Crippen LogP contribution < -0.4 is 5.32 Å². The van der Waals surface area contributed by atoms with E-state index in [1.54, 1.807) is 0 Å². The highest BCUT2D eigenvalue weighted by Gasteiger charge is 2.32. The molecule has 0 aromatic carbocycles. The van der Waals surface area contributed by atoms with E-state index in [1.165, 1.54) is 0 Å². The van der Waals surface area contributed by atoms with Crippen LogP contribution in [0, 0.1) is 10.8 Å². The fourth-order valence-electron chi connectivity index (χ4n) is 2.40. The van der Waals surface area contributed by atoms with E-state index >= 15 is 0 Å². The molecule has 0 rings (SSSR count). The van der Waals surface area contributed by atoms with E-state index in [9.17, 15) is 4.79 Å². The molecule has 0 aliphatic rings. The maximum atomic E-state index is 12.4. The fourth-order valence-corrected chi connectivity index (χ4v) is 2.40. The van der Waals surface area contributed by atoms with Crippen LogP contribution in [0.4, 0.5) is 0 Å². The van der Waals surface area contributed by atoms with Gasteiger partial charge in [0.25, 0.3) is 0 Å². The Bertz CT molecular complexity index is 315. The number of amides is 1. The van der Waals surface area contributed by atoms with Crippen molar-refractivity contribution >= 4 is 5.91 Å². The second-order valence-corrected chi connectivity index (χ2v) is 6.77. The summed E-state index contributed by atoms with van der Waals surface area (Å²) in [5.74, 6) is 0.0587. The second-order valence-electron chi connectivity index (χ2n) is 6.77. The molecular formula is C18H39NO3. The van der Waals surface area contributed by atoms with Gasteiger partial charge in [0.1, 0.15) is 0 Å². The van der Waals surface area contributed by atoms with E-state index < -0.39 is 5.41 Å². The molecule has 134 valence electrons. The average molecular weight is 318 g/mol. The van der Waals surface area contributed by atoms with Gasteiger partial charge in [-0.25, -0.2) is 0 Å². The van der Waals surface area contributed by atoms with Crippen molar-refractivity contribution in [2.75, 3.05) is 33.0 Å². The number of ether oxygens (including phenoxy) is 2. The molecule has 0 spiro atoms. The third-order valence-electron chi connectivity index (χ3n) is 4.64. The lowest BCUT2D eigenvalue weighted by atomic mass is 9.83. The minimum Gasteiger partial charge on any atom is -0.380 e. The van der Waals surface area contributed by atoms with Crippen molar-refractivity contribution in [2.45, 2.75) is 67.2 Å². The summed E-state index contributed by atoms with van der Waals surface area (Å²) in [7, 11) is 0. The fraction of sp³-hybridized carbons (Fsp3) is 0.944. The highest BCUT2D eigenvalue weighted by Crippen LogP contribution is 2.29. The van der Waals surface area contributed by atoms with Crippen molar-refractivity contribution in [3.63, 3.8) is 0 Å². The molecule has 0 fully saturated rings. The van der Waals surface area contributed by atoms with Crippen LogP contribution in [-0.2, 0) is 14.3 Å². The number of carbonyl (C=O) groups is 1. The van der Waals surface area contributed by atoms with Crippen LogP contribution in [0.25, 0.3) is 0 Å². The third-order valence-corrected chi connectivity index (χ3v) is 4.64. The normalized spacial score (nSPS) is 16.8. The van der Waals surface area contributed by atoms with Gasteiger partial charge in [0.2, 0.25) is 5.91 Å². The van der Waals surface area contributed by atoms with Gasteiger partial charge in [-0.2, -0.15) is 0 Å².